The van der Waals surface area contributed by atoms with Gasteiger partial charge in [0.2, 0.25) is 0 Å². The third-order valence-corrected chi connectivity index (χ3v) is 3.87. The first-order valence-corrected chi connectivity index (χ1v) is 8.27. The molecule has 0 radical (unpaired) electrons. The van der Waals surface area contributed by atoms with E-state index in [1.165, 1.54) is 0 Å². The molecule has 1 unspecified atom stereocenters. The number of hydrogen-bond acceptors (Lipinski definition) is 3. The van der Waals surface area contributed by atoms with Crippen LogP contribution in [0.2, 0.25) is 0 Å². The molecule has 0 aliphatic heterocycles. The van der Waals surface area contributed by atoms with Crippen molar-refractivity contribution in [3.8, 4) is 5.75 Å². The molecule has 0 aliphatic carbocycles. The highest BCUT2D eigenvalue weighted by molar-refractivity contribution is 5.51. The molecule has 3 atom stereocenters. The van der Waals surface area contributed by atoms with E-state index in [1.54, 1.807) is 0 Å². The van der Waals surface area contributed by atoms with Crippen molar-refractivity contribution >= 4 is 6.08 Å². The van der Waals surface area contributed by atoms with E-state index in [0.717, 1.165) is 30.6 Å². The topological polar surface area (TPSA) is 32.7 Å². The van der Waals surface area contributed by atoms with Gasteiger partial charge in [-0.15, -0.1) is 0 Å². The normalized spacial score (nSPS) is 16.0. The number of aliphatic hydroxyl groups excluding tert-OH is 1. The number of hydrogen-bond donors (Lipinski definition) is 1. The molecule has 124 valence electrons. The zero-order chi connectivity index (χ0) is 16.5. The first-order chi connectivity index (χ1) is 10.5. The van der Waals surface area contributed by atoms with Crippen LogP contribution in [0.3, 0.4) is 0 Å². The Kier molecular flexibility index (Phi) is 8.21. The summed E-state index contributed by atoms with van der Waals surface area (Å²) < 4.78 is 5.84. The van der Waals surface area contributed by atoms with Crippen molar-refractivity contribution < 1.29 is 9.84 Å². The summed E-state index contributed by atoms with van der Waals surface area (Å²) in [5, 5.41) is 10.2. The fraction of sp³-hybridized carbons (Fsp3) is 0.579. The minimum absolute atomic E-state index is 0.147. The van der Waals surface area contributed by atoms with Crippen LogP contribution in [0, 0.1) is 0 Å². The summed E-state index contributed by atoms with van der Waals surface area (Å²) in [4.78, 5) is 2.06. The Bertz CT molecular complexity index is 439. The highest BCUT2D eigenvalue weighted by Crippen LogP contribution is 2.17. The predicted octanol–water partition coefficient (Wildman–Crippen LogP) is 3.97. The lowest BCUT2D eigenvalue weighted by molar-refractivity contribution is 0.110. The average molecular weight is 305 g/mol. The fourth-order valence-electron chi connectivity index (χ4n) is 2.61. The molecule has 0 fully saturated rings. The van der Waals surface area contributed by atoms with Gasteiger partial charge in [-0.1, -0.05) is 44.6 Å². The first-order valence-electron chi connectivity index (χ1n) is 8.27. The third kappa shape index (κ3) is 6.20. The predicted molar refractivity (Wildman–Crippen MR) is 94.2 cm³/mol. The number of aliphatic hydroxyl groups is 1. The number of nitrogens with zero attached hydrogens (tertiary/aromatic N) is 1. The van der Waals surface area contributed by atoms with E-state index in [-0.39, 0.29) is 12.1 Å². The molecule has 3 nitrogen and oxygen atoms in total. The monoisotopic (exact) mass is 305 g/mol. The van der Waals surface area contributed by atoms with Gasteiger partial charge in [0.05, 0.1) is 12.2 Å². The summed E-state index contributed by atoms with van der Waals surface area (Å²) in [6, 6.07) is 8.17. The second-order valence-electron chi connectivity index (χ2n) is 6.08. The Morgan fingerprint density at radius 2 is 1.82 bits per heavy atom. The Balaban J connectivity index is 2.61. The smallest absolute Gasteiger partial charge is 0.119 e. The van der Waals surface area contributed by atoms with Crippen LogP contribution < -0.4 is 4.74 Å². The highest BCUT2D eigenvalue weighted by atomic mass is 16.5. The van der Waals surface area contributed by atoms with E-state index in [4.69, 9.17) is 4.74 Å². The molecule has 0 aliphatic rings. The van der Waals surface area contributed by atoms with Crippen LogP contribution >= 0.6 is 0 Å². The van der Waals surface area contributed by atoms with Crippen LogP contribution in [-0.4, -0.2) is 42.4 Å². The van der Waals surface area contributed by atoms with Crippen molar-refractivity contribution in [1.29, 1.82) is 0 Å². The molecule has 0 saturated heterocycles. The van der Waals surface area contributed by atoms with Gasteiger partial charge in [-0.05, 0) is 51.6 Å². The van der Waals surface area contributed by atoms with Crippen LogP contribution in [0.25, 0.3) is 6.08 Å². The zero-order valence-corrected chi connectivity index (χ0v) is 14.6. The summed E-state index contributed by atoms with van der Waals surface area (Å²) in [6.45, 7) is 6.35. The van der Waals surface area contributed by atoms with Crippen LogP contribution in [0.1, 0.15) is 45.6 Å². The van der Waals surface area contributed by atoms with Crippen molar-refractivity contribution in [3.63, 3.8) is 0 Å². The molecule has 0 heterocycles. The van der Waals surface area contributed by atoms with Gasteiger partial charge < -0.3 is 14.7 Å². The van der Waals surface area contributed by atoms with Crippen molar-refractivity contribution in [2.75, 3.05) is 14.1 Å². The lowest BCUT2D eigenvalue weighted by Gasteiger charge is -2.26. The molecule has 0 bridgehead atoms. The van der Waals surface area contributed by atoms with E-state index in [0.29, 0.717) is 0 Å². The van der Waals surface area contributed by atoms with Gasteiger partial charge in [0.1, 0.15) is 5.75 Å². The van der Waals surface area contributed by atoms with Gasteiger partial charge in [0.25, 0.3) is 0 Å². The Hall–Kier alpha value is -1.32. The molecule has 22 heavy (non-hydrogen) atoms. The van der Waals surface area contributed by atoms with Crippen molar-refractivity contribution in [1.82, 2.24) is 4.90 Å². The second-order valence-corrected chi connectivity index (χ2v) is 6.08. The summed E-state index contributed by atoms with van der Waals surface area (Å²) in [5.74, 6) is 0.901. The van der Waals surface area contributed by atoms with Gasteiger partial charge in [0, 0.05) is 6.04 Å². The maximum Gasteiger partial charge on any atom is 0.119 e. The van der Waals surface area contributed by atoms with Gasteiger partial charge in [-0.3, -0.25) is 0 Å². The van der Waals surface area contributed by atoms with Gasteiger partial charge in [-0.25, -0.2) is 0 Å². The summed E-state index contributed by atoms with van der Waals surface area (Å²) in [6.07, 6.45) is 6.74. The molecule has 0 amide bonds. The molecular formula is C19H31NO2. The summed E-state index contributed by atoms with van der Waals surface area (Å²) >= 11 is 0. The highest BCUT2D eigenvalue weighted by Gasteiger charge is 2.16. The fourth-order valence-corrected chi connectivity index (χ4v) is 2.61. The minimum Gasteiger partial charge on any atom is -0.491 e. The van der Waals surface area contributed by atoms with Crippen LogP contribution in [-0.2, 0) is 0 Å². The van der Waals surface area contributed by atoms with Crippen LogP contribution in [0.15, 0.2) is 30.3 Å². The Morgan fingerprint density at radius 1 is 1.18 bits per heavy atom. The number of benzene rings is 1. The summed E-state index contributed by atoms with van der Waals surface area (Å²) in [5.41, 5.74) is 1.07. The molecule has 1 aromatic carbocycles. The number of ether oxygens (including phenoxy) is 1. The number of rotatable bonds is 9. The number of likely N-dealkylation sites (N-methyl/N-ethyl adjacent to an activating group) is 1. The molecule has 0 saturated carbocycles. The van der Waals surface area contributed by atoms with E-state index in [1.807, 2.05) is 50.5 Å². The maximum atomic E-state index is 10.2. The van der Waals surface area contributed by atoms with Gasteiger partial charge in [-0.2, -0.15) is 0 Å². The van der Waals surface area contributed by atoms with Crippen molar-refractivity contribution in [2.24, 2.45) is 0 Å². The largest absolute Gasteiger partial charge is 0.491 e. The second kappa shape index (κ2) is 9.65. The van der Waals surface area contributed by atoms with Crippen molar-refractivity contribution in [3.05, 3.63) is 35.9 Å². The Morgan fingerprint density at radius 3 is 2.32 bits per heavy atom. The molecule has 1 aromatic rings. The Labute approximate surface area is 135 Å². The minimum atomic E-state index is -0.458. The van der Waals surface area contributed by atoms with Crippen LogP contribution in [0.4, 0.5) is 0 Å². The van der Waals surface area contributed by atoms with E-state index < -0.39 is 6.10 Å². The quantitative estimate of drug-likeness (QED) is 0.749. The molecule has 1 N–H and O–H groups in total. The molecule has 0 aromatic heterocycles. The molecule has 1 rings (SSSR count). The lowest BCUT2D eigenvalue weighted by atomic mass is 10.1. The maximum absolute atomic E-state index is 10.2. The first kappa shape index (κ1) is 18.7. The van der Waals surface area contributed by atoms with E-state index in [9.17, 15) is 5.11 Å². The molecule has 0 spiro atoms. The van der Waals surface area contributed by atoms with Gasteiger partial charge in [0.15, 0.2) is 0 Å². The summed E-state index contributed by atoms with van der Waals surface area (Å²) in [7, 11) is 3.99. The zero-order valence-electron chi connectivity index (χ0n) is 14.6. The SMILES string of the molecule is CCCC(C)Oc1ccc(/C=C/[C@H](O)[C@@H](CC)N(C)C)cc1. The molecular weight excluding hydrogens is 274 g/mol. The van der Waals surface area contributed by atoms with Crippen LogP contribution in [0.5, 0.6) is 5.75 Å². The lowest BCUT2D eigenvalue weighted by Crippen LogP contribution is -2.37. The standard InChI is InChI=1S/C19H31NO2/c1-6-8-15(3)22-17-12-9-16(10-13-17)11-14-19(21)18(7-2)20(4)5/h9-15,18-19,21H,6-8H2,1-5H3/b14-11+/t15?,18-,19+/m1/s1. The van der Waals surface area contributed by atoms with E-state index in [2.05, 4.69) is 25.7 Å². The van der Waals surface area contributed by atoms with E-state index >= 15 is 0 Å². The van der Waals surface area contributed by atoms with Crippen molar-refractivity contribution in [2.45, 2.75) is 58.3 Å². The van der Waals surface area contributed by atoms with Gasteiger partial charge >= 0.3 is 0 Å². The molecule has 3 heteroatoms. The third-order valence-electron chi connectivity index (χ3n) is 3.87. The average Bonchev–Trinajstić information content (AvgIpc) is 2.47.